The summed E-state index contributed by atoms with van der Waals surface area (Å²) in [6.45, 7) is 0.259. The first kappa shape index (κ1) is 15.1. The van der Waals surface area contributed by atoms with Crippen molar-refractivity contribution in [2.75, 3.05) is 12.4 Å². The van der Waals surface area contributed by atoms with Crippen LogP contribution in [0.3, 0.4) is 0 Å². The number of carboxylic acids is 1. The van der Waals surface area contributed by atoms with Crippen LogP contribution in [0.1, 0.15) is 15.9 Å². The highest BCUT2D eigenvalue weighted by atomic mass is 35.5. The maximum Gasteiger partial charge on any atom is 0.337 e. The van der Waals surface area contributed by atoms with Gasteiger partial charge in [0, 0.05) is 22.8 Å². The second-order valence-electron chi connectivity index (χ2n) is 4.27. The number of ether oxygens (including phenoxy) is 1. The van der Waals surface area contributed by atoms with E-state index in [1.807, 2.05) is 0 Å². The Morgan fingerprint density at radius 2 is 2.14 bits per heavy atom. The van der Waals surface area contributed by atoms with Gasteiger partial charge in [0.25, 0.3) is 0 Å². The molecule has 0 radical (unpaired) electrons. The second kappa shape index (κ2) is 6.45. The summed E-state index contributed by atoms with van der Waals surface area (Å²) < 4.78 is 18.3. The molecule has 6 heteroatoms. The van der Waals surface area contributed by atoms with Gasteiger partial charge in [-0.1, -0.05) is 17.7 Å². The zero-order valence-electron chi connectivity index (χ0n) is 11.2. The number of rotatable bonds is 5. The molecule has 0 aliphatic carbocycles. The quantitative estimate of drug-likeness (QED) is 0.882. The largest absolute Gasteiger partial charge is 0.496 e. The van der Waals surface area contributed by atoms with Gasteiger partial charge in [0.15, 0.2) is 0 Å². The fourth-order valence-electron chi connectivity index (χ4n) is 1.93. The SMILES string of the molecule is COc1cccc(Cl)c1CNc1ccc(F)cc1C(=O)O. The molecule has 0 atom stereocenters. The Morgan fingerprint density at radius 3 is 2.81 bits per heavy atom. The van der Waals surface area contributed by atoms with E-state index in [9.17, 15) is 9.18 Å². The maximum atomic E-state index is 13.1. The van der Waals surface area contributed by atoms with E-state index in [1.54, 1.807) is 18.2 Å². The molecular formula is C15H13ClFNO3. The Labute approximate surface area is 126 Å². The topological polar surface area (TPSA) is 58.6 Å². The number of hydrogen-bond acceptors (Lipinski definition) is 3. The molecule has 0 unspecified atom stereocenters. The van der Waals surface area contributed by atoms with Crippen LogP contribution >= 0.6 is 11.6 Å². The van der Waals surface area contributed by atoms with Gasteiger partial charge in [-0.2, -0.15) is 0 Å². The number of carboxylic acid groups (broad SMARTS) is 1. The van der Waals surface area contributed by atoms with E-state index in [0.29, 0.717) is 22.0 Å². The van der Waals surface area contributed by atoms with Crippen molar-refractivity contribution in [1.29, 1.82) is 0 Å². The van der Waals surface area contributed by atoms with Gasteiger partial charge in [0.1, 0.15) is 11.6 Å². The first-order chi connectivity index (χ1) is 10.0. The van der Waals surface area contributed by atoms with E-state index >= 15 is 0 Å². The van der Waals surface area contributed by atoms with Crippen LogP contribution in [0.2, 0.25) is 5.02 Å². The highest BCUT2D eigenvalue weighted by Gasteiger charge is 2.13. The molecule has 0 spiro atoms. The van der Waals surface area contributed by atoms with Gasteiger partial charge in [-0.25, -0.2) is 9.18 Å². The van der Waals surface area contributed by atoms with Crippen molar-refractivity contribution in [1.82, 2.24) is 0 Å². The van der Waals surface area contributed by atoms with Crippen molar-refractivity contribution in [3.63, 3.8) is 0 Å². The maximum absolute atomic E-state index is 13.1. The minimum Gasteiger partial charge on any atom is -0.496 e. The number of benzene rings is 2. The number of halogens is 2. The van der Waals surface area contributed by atoms with Crippen molar-refractivity contribution in [2.24, 2.45) is 0 Å². The molecule has 2 rings (SSSR count). The summed E-state index contributed by atoms with van der Waals surface area (Å²) in [6, 6.07) is 8.76. The third-order valence-electron chi connectivity index (χ3n) is 2.96. The third-order valence-corrected chi connectivity index (χ3v) is 3.32. The van der Waals surface area contributed by atoms with Crippen molar-refractivity contribution in [2.45, 2.75) is 6.54 Å². The lowest BCUT2D eigenvalue weighted by molar-refractivity contribution is 0.0697. The lowest BCUT2D eigenvalue weighted by atomic mass is 10.1. The van der Waals surface area contributed by atoms with E-state index in [2.05, 4.69) is 5.32 Å². The molecule has 0 saturated heterocycles. The fourth-order valence-corrected chi connectivity index (χ4v) is 2.17. The van der Waals surface area contributed by atoms with Crippen molar-refractivity contribution in [3.8, 4) is 5.75 Å². The normalized spacial score (nSPS) is 10.2. The predicted octanol–water partition coefficient (Wildman–Crippen LogP) is 3.80. The second-order valence-corrected chi connectivity index (χ2v) is 4.68. The molecule has 21 heavy (non-hydrogen) atoms. The highest BCUT2D eigenvalue weighted by molar-refractivity contribution is 6.31. The number of anilines is 1. The molecule has 0 aliphatic rings. The lowest BCUT2D eigenvalue weighted by Gasteiger charge is -2.13. The molecule has 0 aliphatic heterocycles. The Kier molecular flexibility index (Phi) is 4.65. The molecule has 0 amide bonds. The van der Waals surface area contributed by atoms with Gasteiger partial charge >= 0.3 is 5.97 Å². The molecular weight excluding hydrogens is 297 g/mol. The average molecular weight is 310 g/mol. The van der Waals surface area contributed by atoms with Crippen molar-refractivity contribution in [3.05, 3.63) is 58.4 Å². The van der Waals surface area contributed by atoms with Crippen LogP contribution in [0.15, 0.2) is 36.4 Å². The zero-order valence-corrected chi connectivity index (χ0v) is 11.9. The number of carbonyl (C=O) groups is 1. The van der Waals surface area contributed by atoms with Crippen LogP contribution < -0.4 is 10.1 Å². The summed E-state index contributed by atoms with van der Waals surface area (Å²) >= 11 is 6.11. The van der Waals surface area contributed by atoms with Crippen LogP contribution in [0.5, 0.6) is 5.75 Å². The fraction of sp³-hybridized carbons (Fsp3) is 0.133. The van der Waals surface area contributed by atoms with Gasteiger partial charge in [-0.3, -0.25) is 0 Å². The van der Waals surface area contributed by atoms with Crippen LogP contribution in [0.4, 0.5) is 10.1 Å². The van der Waals surface area contributed by atoms with E-state index in [0.717, 1.165) is 6.07 Å². The van der Waals surface area contributed by atoms with E-state index in [4.69, 9.17) is 21.4 Å². The smallest absolute Gasteiger partial charge is 0.337 e. The van der Waals surface area contributed by atoms with Crippen LogP contribution in [-0.2, 0) is 6.54 Å². The van der Waals surface area contributed by atoms with Gasteiger partial charge in [-0.15, -0.1) is 0 Å². The standard InChI is InChI=1S/C15H13ClFNO3/c1-21-14-4-2-3-12(16)11(14)8-18-13-6-5-9(17)7-10(13)15(19)20/h2-7,18H,8H2,1H3,(H,19,20). The van der Waals surface area contributed by atoms with Crippen LogP contribution in [0, 0.1) is 5.82 Å². The number of methoxy groups -OCH3 is 1. The molecule has 2 aromatic carbocycles. The number of hydrogen-bond donors (Lipinski definition) is 2. The monoisotopic (exact) mass is 309 g/mol. The Bertz CT molecular complexity index is 676. The molecule has 0 heterocycles. The number of nitrogens with one attached hydrogen (secondary N) is 1. The Morgan fingerprint density at radius 1 is 1.38 bits per heavy atom. The highest BCUT2D eigenvalue weighted by Crippen LogP contribution is 2.27. The summed E-state index contributed by atoms with van der Waals surface area (Å²) in [5.74, 6) is -1.22. The van der Waals surface area contributed by atoms with Gasteiger partial charge < -0.3 is 15.2 Å². The summed E-state index contributed by atoms with van der Waals surface area (Å²) in [5.41, 5.74) is 0.870. The van der Waals surface area contributed by atoms with Gasteiger partial charge in [0.05, 0.1) is 12.7 Å². The Hall–Kier alpha value is -2.27. The van der Waals surface area contributed by atoms with Gasteiger partial charge in [0.2, 0.25) is 0 Å². The van der Waals surface area contributed by atoms with E-state index in [1.165, 1.54) is 19.2 Å². The minimum atomic E-state index is -1.21. The van der Waals surface area contributed by atoms with Crippen molar-refractivity contribution < 1.29 is 19.0 Å². The summed E-state index contributed by atoms with van der Waals surface area (Å²) in [5, 5.41) is 12.5. The molecule has 0 aromatic heterocycles. The molecule has 4 nitrogen and oxygen atoms in total. The first-order valence-electron chi connectivity index (χ1n) is 6.11. The van der Waals surface area contributed by atoms with Crippen LogP contribution in [-0.4, -0.2) is 18.2 Å². The first-order valence-corrected chi connectivity index (χ1v) is 6.49. The third kappa shape index (κ3) is 3.44. The summed E-state index contributed by atoms with van der Waals surface area (Å²) in [6.07, 6.45) is 0. The molecule has 0 bridgehead atoms. The summed E-state index contributed by atoms with van der Waals surface area (Å²) in [7, 11) is 1.52. The van der Waals surface area contributed by atoms with E-state index < -0.39 is 11.8 Å². The molecule has 110 valence electrons. The summed E-state index contributed by atoms with van der Waals surface area (Å²) in [4.78, 5) is 11.1. The lowest BCUT2D eigenvalue weighted by Crippen LogP contribution is -2.08. The minimum absolute atomic E-state index is 0.138. The molecule has 2 N–H and O–H groups in total. The Balaban J connectivity index is 2.27. The average Bonchev–Trinajstić information content (AvgIpc) is 2.46. The molecule has 0 saturated carbocycles. The van der Waals surface area contributed by atoms with Crippen molar-refractivity contribution >= 4 is 23.3 Å². The van der Waals surface area contributed by atoms with Crippen LogP contribution in [0.25, 0.3) is 0 Å². The van der Waals surface area contributed by atoms with Gasteiger partial charge in [-0.05, 0) is 30.3 Å². The van der Waals surface area contributed by atoms with E-state index in [-0.39, 0.29) is 12.1 Å². The zero-order chi connectivity index (χ0) is 15.4. The molecule has 0 fully saturated rings. The molecule has 2 aromatic rings. The number of aromatic carboxylic acids is 1. The predicted molar refractivity (Wildman–Crippen MR) is 78.7 cm³/mol.